The fourth-order valence-corrected chi connectivity index (χ4v) is 4.43. The van der Waals surface area contributed by atoms with Crippen LogP contribution in [0.15, 0.2) is 58.5 Å². The van der Waals surface area contributed by atoms with E-state index < -0.39 is 10.0 Å². The molecule has 0 spiro atoms. The summed E-state index contributed by atoms with van der Waals surface area (Å²) < 4.78 is 35.7. The molecule has 1 N–H and O–H groups in total. The van der Waals surface area contributed by atoms with Crippen LogP contribution in [0.3, 0.4) is 0 Å². The summed E-state index contributed by atoms with van der Waals surface area (Å²) in [5.41, 5.74) is 3.22. The molecule has 0 bridgehead atoms. The first kappa shape index (κ1) is 19.9. The lowest BCUT2D eigenvalue weighted by molar-refractivity contribution is -0.0796. The van der Waals surface area contributed by atoms with Gasteiger partial charge in [0.05, 0.1) is 18.1 Å². The van der Waals surface area contributed by atoms with Crippen LogP contribution >= 0.6 is 0 Å². The van der Waals surface area contributed by atoms with E-state index in [9.17, 15) is 8.42 Å². The normalized spacial score (nSPS) is 20.0. The van der Waals surface area contributed by atoms with Gasteiger partial charge in [0.15, 0.2) is 0 Å². The number of hydrogen-bond acceptors (Lipinski definition) is 5. The molecular formula is C22H26N2O4S. The summed E-state index contributed by atoms with van der Waals surface area (Å²) in [5, 5.41) is 4.19. The minimum absolute atomic E-state index is 0.179. The van der Waals surface area contributed by atoms with Crippen LogP contribution in [0.1, 0.15) is 42.7 Å². The Kier molecular flexibility index (Phi) is 5.87. The van der Waals surface area contributed by atoms with Gasteiger partial charge in [-0.1, -0.05) is 29.8 Å². The molecule has 29 heavy (non-hydrogen) atoms. The Labute approximate surface area is 172 Å². The fourth-order valence-electron chi connectivity index (χ4n) is 3.58. The van der Waals surface area contributed by atoms with Crippen LogP contribution in [0.5, 0.6) is 5.75 Å². The van der Waals surface area contributed by atoms with Crippen molar-refractivity contribution in [3.8, 4) is 5.75 Å². The van der Waals surface area contributed by atoms with Crippen LogP contribution in [0.4, 0.5) is 0 Å². The third kappa shape index (κ3) is 4.97. The topological polar surface area (TPSA) is 77.0 Å². The van der Waals surface area contributed by atoms with E-state index in [1.54, 1.807) is 24.3 Å². The van der Waals surface area contributed by atoms with Crippen molar-refractivity contribution < 1.29 is 17.9 Å². The monoisotopic (exact) mass is 414 g/mol. The van der Waals surface area contributed by atoms with Gasteiger partial charge in [-0.3, -0.25) is 0 Å². The van der Waals surface area contributed by atoms with Crippen LogP contribution in [-0.4, -0.2) is 33.4 Å². The Morgan fingerprint density at radius 1 is 1.00 bits per heavy atom. The van der Waals surface area contributed by atoms with E-state index in [1.807, 2.05) is 19.1 Å². The highest BCUT2D eigenvalue weighted by atomic mass is 32.2. The number of hydrazone groups is 1. The maximum absolute atomic E-state index is 12.4. The second kappa shape index (κ2) is 8.55. The predicted octanol–water partition coefficient (Wildman–Crippen LogP) is 3.76. The number of hydrogen-bond donors (Lipinski definition) is 1. The molecule has 0 radical (unpaired) electrons. The standard InChI is InChI=1S/C22H26N2O4S/c1-16-2-12-22(13-3-16)29(25,26)24-23-19-8-4-17(5-9-19)18-6-10-20(11-7-18)28-21-14-27-15-21/h2-3,6-7,10-13,17,21,24H,4-5,8-9,14-15H2,1H3. The number of nitrogens with zero attached hydrogens (tertiary/aromatic N) is 1. The summed E-state index contributed by atoms with van der Waals surface area (Å²) in [6.07, 6.45) is 3.68. The second-order valence-electron chi connectivity index (χ2n) is 7.71. The van der Waals surface area contributed by atoms with E-state index in [0.717, 1.165) is 42.7 Å². The van der Waals surface area contributed by atoms with Gasteiger partial charge in [-0.15, -0.1) is 0 Å². The zero-order chi connectivity index (χ0) is 20.3. The lowest BCUT2D eigenvalue weighted by Gasteiger charge is -2.27. The summed E-state index contributed by atoms with van der Waals surface area (Å²) in [4.78, 5) is 2.62. The lowest BCUT2D eigenvalue weighted by atomic mass is 9.83. The molecule has 1 saturated heterocycles. The highest BCUT2D eigenvalue weighted by Crippen LogP contribution is 2.32. The zero-order valence-electron chi connectivity index (χ0n) is 16.5. The average Bonchev–Trinajstić information content (AvgIpc) is 2.70. The van der Waals surface area contributed by atoms with Crippen molar-refractivity contribution in [3.63, 3.8) is 0 Å². The van der Waals surface area contributed by atoms with Crippen LogP contribution in [0.25, 0.3) is 0 Å². The summed E-state index contributed by atoms with van der Waals surface area (Å²) in [6.45, 7) is 3.26. The Balaban J connectivity index is 1.31. The smallest absolute Gasteiger partial charge is 0.276 e. The van der Waals surface area contributed by atoms with Gasteiger partial charge >= 0.3 is 0 Å². The summed E-state index contributed by atoms with van der Waals surface area (Å²) in [6, 6.07) is 15.1. The molecule has 2 aromatic carbocycles. The second-order valence-corrected chi connectivity index (χ2v) is 9.37. The summed E-state index contributed by atoms with van der Waals surface area (Å²) in [5.74, 6) is 1.34. The van der Waals surface area contributed by atoms with Gasteiger partial charge in [-0.25, -0.2) is 4.83 Å². The first-order valence-corrected chi connectivity index (χ1v) is 11.5. The Morgan fingerprint density at radius 2 is 1.66 bits per heavy atom. The molecule has 1 saturated carbocycles. The lowest BCUT2D eigenvalue weighted by Crippen LogP contribution is -2.38. The van der Waals surface area contributed by atoms with Crippen molar-refractivity contribution in [1.82, 2.24) is 4.83 Å². The van der Waals surface area contributed by atoms with E-state index in [-0.39, 0.29) is 11.0 Å². The molecule has 0 amide bonds. The van der Waals surface area contributed by atoms with Crippen LogP contribution in [0.2, 0.25) is 0 Å². The predicted molar refractivity (Wildman–Crippen MR) is 112 cm³/mol. The number of aryl methyl sites for hydroxylation is 1. The van der Waals surface area contributed by atoms with Crippen molar-refractivity contribution in [2.45, 2.75) is 49.5 Å². The van der Waals surface area contributed by atoms with Crippen molar-refractivity contribution in [2.75, 3.05) is 13.2 Å². The molecular weight excluding hydrogens is 388 g/mol. The zero-order valence-corrected chi connectivity index (χ0v) is 17.3. The molecule has 0 aromatic heterocycles. The molecule has 2 aromatic rings. The molecule has 2 aliphatic rings. The molecule has 4 rings (SSSR count). The molecule has 0 unspecified atom stereocenters. The van der Waals surface area contributed by atoms with Gasteiger partial charge in [0.1, 0.15) is 11.9 Å². The number of benzene rings is 2. The van der Waals surface area contributed by atoms with Crippen molar-refractivity contribution in [2.24, 2.45) is 5.10 Å². The van der Waals surface area contributed by atoms with Crippen LogP contribution in [-0.2, 0) is 14.8 Å². The number of nitrogens with one attached hydrogen (secondary N) is 1. The SMILES string of the molecule is Cc1ccc(S(=O)(=O)NN=C2CCC(c3ccc(OC4COC4)cc3)CC2)cc1. The molecule has 1 heterocycles. The highest BCUT2D eigenvalue weighted by Gasteiger charge is 2.22. The Bertz CT molecular complexity index is 955. The molecule has 7 heteroatoms. The highest BCUT2D eigenvalue weighted by molar-refractivity contribution is 7.89. The van der Waals surface area contributed by atoms with Gasteiger partial charge in [0.25, 0.3) is 10.0 Å². The van der Waals surface area contributed by atoms with E-state index in [2.05, 4.69) is 22.1 Å². The van der Waals surface area contributed by atoms with E-state index in [4.69, 9.17) is 9.47 Å². The Morgan fingerprint density at radius 3 is 2.24 bits per heavy atom. The van der Waals surface area contributed by atoms with Gasteiger partial charge in [0.2, 0.25) is 0 Å². The quantitative estimate of drug-likeness (QED) is 0.730. The van der Waals surface area contributed by atoms with Crippen LogP contribution in [0, 0.1) is 6.92 Å². The average molecular weight is 415 g/mol. The summed E-state index contributed by atoms with van der Waals surface area (Å²) >= 11 is 0. The first-order valence-electron chi connectivity index (χ1n) is 9.98. The Hall–Kier alpha value is -2.38. The van der Waals surface area contributed by atoms with Gasteiger partial charge < -0.3 is 9.47 Å². The molecule has 154 valence electrons. The molecule has 6 nitrogen and oxygen atoms in total. The minimum atomic E-state index is -3.61. The first-order chi connectivity index (χ1) is 14.0. The van der Waals surface area contributed by atoms with Crippen molar-refractivity contribution >= 4 is 15.7 Å². The largest absolute Gasteiger partial charge is 0.486 e. The summed E-state index contributed by atoms with van der Waals surface area (Å²) in [7, 11) is -3.61. The molecule has 1 aliphatic heterocycles. The molecule has 0 atom stereocenters. The number of rotatable bonds is 6. The van der Waals surface area contributed by atoms with E-state index >= 15 is 0 Å². The minimum Gasteiger partial charge on any atom is -0.486 e. The van der Waals surface area contributed by atoms with Crippen molar-refractivity contribution in [1.29, 1.82) is 0 Å². The fraction of sp³-hybridized carbons (Fsp3) is 0.409. The number of ether oxygens (including phenoxy) is 2. The van der Waals surface area contributed by atoms with Gasteiger partial charge in [-0.05, 0) is 68.4 Å². The maximum Gasteiger partial charge on any atom is 0.276 e. The molecule has 1 aliphatic carbocycles. The van der Waals surface area contributed by atoms with E-state index in [1.165, 1.54) is 5.56 Å². The third-order valence-electron chi connectivity index (χ3n) is 5.48. The maximum atomic E-state index is 12.4. The third-order valence-corrected chi connectivity index (χ3v) is 6.70. The van der Waals surface area contributed by atoms with Gasteiger partial charge in [-0.2, -0.15) is 13.5 Å². The number of sulfonamides is 1. The van der Waals surface area contributed by atoms with E-state index in [0.29, 0.717) is 19.1 Å². The molecule has 2 fully saturated rings. The van der Waals surface area contributed by atoms with Gasteiger partial charge in [0, 0.05) is 5.71 Å². The van der Waals surface area contributed by atoms with Crippen molar-refractivity contribution in [3.05, 3.63) is 59.7 Å². The van der Waals surface area contributed by atoms with Crippen LogP contribution < -0.4 is 9.57 Å².